The van der Waals surface area contributed by atoms with E-state index in [1.165, 1.54) is 30.6 Å². The quantitative estimate of drug-likeness (QED) is 0.327. The first-order valence-electron chi connectivity index (χ1n) is 15.6. The summed E-state index contributed by atoms with van der Waals surface area (Å²) in [7, 11) is 0. The van der Waals surface area contributed by atoms with Gasteiger partial charge in [0, 0.05) is 42.6 Å². The van der Waals surface area contributed by atoms with Crippen LogP contribution in [0.1, 0.15) is 48.0 Å². The van der Waals surface area contributed by atoms with Gasteiger partial charge in [0.1, 0.15) is 5.83 Å². The second kappa shape index (κ2) is 13.9. The van der Waals surface area contributed by atoms with Crippen LogP contribution in [0.15, 0.2) is 77.5 Å². The van der Waals surface area contributed by atoms with Crippen molar-refractivity contribution in [3.05, 3.63) is 83.7 Å². The summed E-state index contributed by atoms with van der Waals surface area (Å²) in [5.74, 6) is -0.155. The maximum absolute atomic E-state index is 14.2. The third-order valence-corrected chi connectivity index (χ3v) is 10.9. The van der Waals surface area contributed by atoms with Crippen molar-refractivity contribution in [2.24, 2.45) is 11.8 Å². The second-order valence-electron chi connectivity index (χ2n) is 12.1. The average Bonchev–Trinajstić information content (AvgIpc) is 3.14. The normalized spacial score (nSPS) is 24.7. The number of anilines is 1. The number of alkyl halides is 1. The number of fused-ring (bicyclic) bond motifs is 2. The van der Waals surface area contributed by atoms with Crippen LogP contribution in [0.5, 0.6) is 0 Å². The molecule has 228 valence electrons. The van der Waals surface area contributed by atoms with Gasteiger partial charge in [0.15, 0.2) is 0 Å². The maximum Gasteiger partial charge on any atom is 0.325 e. The van der Waals surface area contributed by atoms with Gasteiger partial charge < -0.3 is 15.1 Å². The Hall–Kier alpha value is -2.81. The van der Waals surface area contributed by atoms with E-state index in [1.54, 1.807) is 22.7 Å². The lowest BCUT2D eigenvalue weighted by Crippen LogP contribution is -2.49. The Kier molecular flexibility index (Phi) is 9.75. The number of allylic oxidation sites excluding steroid dienone is 3. The molecular formula is C34H40ClFN4O2S. The molecule has 1 N–H and O–H groups in total. The summed E-state index contributed by atoms with van der Waals surface area (Å²) in [6, 6.07) is 16.2. The van der Waals surface area contributed by atoms with E-state index >= 15 is 0 Å². The first kappa shape index (κ1) is 30.2. The van der Waals surface area contributed by atoms with Crippen molar-refractivity contribution in [1.82, 2.24) is 15.1 Å². The first-order valence-corrected chi connectivity index (χ1v) is 16.9. The molecule has 2 unspecified atom stereocenters. The predicted octanol–water partition coefficient (Wildman–Crippen LogP) is 6.86. The van der Waals surface area contributed by atoms with Gasteiger partial charge in [0.25, 0.3) is 5.91 Å². The molecule has 0 saturated carbocycles. The third kappa shape index (κ3) is 7.30. The number of hydrogen-bond acceptors (Lipinski definition) is 4. The van der Waals surface area contributed by atoms with Crippen molar-refractivity contribution in [2.75, 3.05) is 44.2 Å². The fourth-order valence-corrected chi connectivity index (χ4v) is 8.19. The minimum atomic E-state index is -0.418. The number of halogens is 2. The van der Waals surface area contributed by atoms with Crippen molar-refractivity contribution in [2.45, 2.75) is 54.2 Å². The number of hydrogen-bond donors (Lipinski definition) is 1. The molecule has 6 rings (SSSR count). The van der Waals surface area contributed by atoms with Crippen molar-refractivity contribution in [3.8, 4) is 0 Å². The molecule has 43 heavy (non-hydrogen) atoms. The first-order chi connectivity index (χ1) is 20.9. The number of urea groups is 1. The monoisotopic (exact) mass is 622 g/mol. The minimum absolute atomic E-state index is 0.0480. The van der Waals surface area contributed by atoms with E-state index in [2.05, 4.69) is 40.5 Å². The summed E-state index contributed by atoms with van der Waals surface area (Å²) >= 11 is 8.22. The van der Waals surface area contributed by atoms with Gasteiger partial charge in [-0.3, -0.25) is 9.69 Å². The summed E-state index contributed by atoms with van der Waals surface area (Å²) in [4.78, 5) is 34.2. The number of piperidine rings is 2. The van der Waals surface area contributed by atoms with E-state index in [-0.39, 0.29) is 35.6 Å². The summed E-state index contributed by atoms with van der Waals surface area (Å²) < 4.78 is 14.2. The number of rotatable bonds is 8. The Bertz CT molecular complexity index is 1360. The Labute approximate surface area is 263 Å². The summed E-state index contributed by atoms with van der Waals surface area (Å²) in [6.07, 6.45) is 11.0. The molecule has 3 heterocycles. The number of thioether (sulfide) groups is 1. The highest BCUT2D eigenvalue weighted by atomic mass is 35.5. The largest absolute Gasteiger partial charge is 0.351 e. The Morgan fingerprint density at radius 1 is 1.05 bits per heavy atom. The van der Waals surface area contributed by atoms with Crippen LogP contribution in [0.3, 0.4) is 0 Å². The van der Waals surface area contributed by atoms with Gasteiger partial charge >= 0.3 is 6.03 Å². The molecular weight excluding hydrogens is 583 g/mol. The second-order valence-corrected chi connectivity index (χ2v) is 13.8. The number of carbonyl (C=O) groups is 2. The number of amides is 3. The zero-order valence-electron chi connectivity index (χ0n) is 24.5. The topological polar surface area (TPSA) is 55.9 Å². The van der Waals surface area contributed by atoms with Crippen LogP contribution < -0.4 is 10.2 Å². The number of likely N-dealkylation sites (tertiary alicyclic amines) is 1. The van der Waals surface area contributed by atoms with Gasteiger partial charge in [-0.2, -0.15) is 0 Å². The van der Waals surface area contributed by atoms with E-state index in [1.807, 2.05) is 23.1 Å². The average molecular weight is 623 g/mol. The van der Waals surface area contributed by atoms with Gasteiger partial charge in [-0.1, -0.05) is 48.2 Å². The lowest BCUT2D eigenvalue weighted by atomic mass is 9.90. The summed E-state index contributed by atoms with van der Waals surface area (Å²) in [6.45, 7) is 4.41. The Balaban J connectivity index is 1.10. The molecule has 2 saturated heterocycles. The standard InChI is InChI=1S/C34H40ClFN4O2S/c35-29-11-10-28(36)21-27(29)23-40-30-22-26(9-12-31(30)43-32-8-4-5-16-39(32)34(40)42)33(41)37-15-19-38-17-13-25(14-18-38)20-24-6-2-1-3-7-24/h1-3,6-7,9-12,21-22,25,27,29,32H,4-5,8,13-20,23H2,(H,37,41)/t27?,29?,32-/m0/s1. The highest BCUT2D eigenvalue weighted by Crippen LogP contribution is 2.43. The van der Waals surface area contributed by atoms with Crippen LogP contribution in [0.25, 0.3) is 0 Å². The van der Waals surface area contributed by atoms with E-state index in [0.29, 0.717) is 30.3 Å². The van der Waals surface area contributed by atoms with Crippen molar-refractivity contribution in [3.63, 3.8) is 0 Å². The zero-order chi connectivity index (χ0) is 29.8. The molecule has 4 aliphatic rings. The van der Waals surface area contributed by atoms with Crippen molar-refractivity contribution >= 4 is 41.0 Å². The Morgan fingerprint density at radius 2 is 1.86 bits per heavy atom. The zero-order valence-corrected chi connectivity index (χ0v) is 26.0. The van der Waals surface area contributed by atoms with Gasteiger partial charge in [0.2, 0.25) is 0 Å². The minimum Gasteiger partial charge on any atom is -0.351 e. The van der Waals surface area contributed by atoms with Gasteiger partial charge in [-0.15, -0.1) is 11.6 Å². The van der Waals surface area contributed by atoms with Crippen LogP contribution >= 0.6 is 23.4 Å². The molecule has 9 heteroatoms. The van der Waals surface area contributed by atoms with Gasteiger partial charge in [-0.25, -0.2) is 9.18 Å². The summed E-state index contributed by atoms with van der Waals surface area (Å²) in [5, 5.41) is 2.73. The number of nitrogens with zero attached hydrogens (tertiary/aromatic N) is 3. The lowest BCUT2D eigenvalue weighted by Gasteiger charge is -2.36. The molecule has 0 radical (unpaired) electrons. The van der Waals surface area contributed by atoms with Crippen LogP contribution in [0, 0.1) is 11.8 Å². The number of nitrogens with one attached hydrogen (secondary N) is 1. The van der Waals surface area contributed by atoms with E-state index in [0.717, 1.165) is 50.2 Å². The molecule has 0 spiro atoms. The van der Waals surface area contributed by atoms with Crippen LogP contribution in [-0.2, 0) is 6.42 Å². The third-order valence-electron chi connectivity index (χ3n) is 9.10. The molecule has 2 aromatic rings. The lowest BCUT2D eigenvalue weighted by molar-refractivity contribution is 0.0943. The van der Waals surface area contributed by atoms with E-state index in [9.17, 15) is 14.0 Å². The molecule has 2 fully saturated rings. The van der Waals surface area contributed by atoms with Crippen LogP contribution in [0.4, 0.5) is 14.9 Å². The molecule has 2 aromatic carbocycles. The van der Waals surface area contributed by atoms with E-state index < -0.39 is 5.38 Å². The number of benzene rings is 2. The highest BCUT2D eigenvalue weighted by molar-refractivity contribution is 8.00. The SMILES string of the molecule is O=C(NCCN1CCC(Cc2ccccc2)CC1)c1ccc2c(c1)N(CC1C=C(F)C=CC1Cl)C(=O)N1CCCC[C@@H]1S2. The van der Waals surface area contributed by atoms with Crippen molar-refractivity contribution in [1.29, 1.82) is 0 Å². The molecule has 1 aliphatic carbocycles. The molecule has 6 nitrogen and oxygen atoms in total. The fraction of sp³-hybridized carbons (Fsp3) is 0.471. The Morgan fingerprint density at radius 3 is 2.67 bits per heavy atom. The molecule has 3 aliphatic heterocycles. The summed E-state index contributed by atoms with van der Waals surface area (Å²) in [5.41, 5.74) is 2.63. The molecule has 0 aromatic heterocycles. The van der Waals surface area contributed by atoms with Crippen molar-refractivity contribution < 1.29 is 14.0 Å². The van der Waals surface area contributed by atoms with Crippen LogP contribution in [-0.4, -0.2) is 71.8 Å². The fourth-order valence-electron chi connectivity index (χ4n) is 6.63. The molecule has 0 bridgehead atoms. The number of carbonyl (C=O) groups excluding carboxylic acids is 2. The maximum atomic E-state index is 14.2. The predicted molar refractivity (Wildman–Crippen MR) is 172 cm³/mol. The smallest absolute Gasteiger partial charge is 0.325 e. The highest BCUT2D eigenvalue weighted by Gasteiger charge is 2.38. The van der Waals surface area contributed by atoms with Gasteiger partial charge in [-0.05, 0) is 93.4 Å². The van der Waals surface area contributed by atoms with Crippen LogP contribution in [0.2, 0.25) is 0 Å². The molecule has 3 amide bonds. The van der Waals surface area contributed by atoms with Gasteiger partial charge in [0.05, 0.1) is 16.4 Å². The molecule has 3 atom stereocenters. The van der Waals surface area contributed by atoms with E-state index in [4.69, 9.17) is 11.6 Å².